The van der Waals surface area contributed by atoms with E-state index in [1.807, 2.05) is 18.2 Å². The molecule has 0 fully saturated rings. The van der Waals surface area contributed by atoms with Gasteiger partial charge in [-0.15, -0.1) is 35.3 Å². The van der Waals surface area contributed by atoms with Crippen LogP contribution in [0.15, 0.2) is 45.3 Å². The van der Waals surface area contributed by atoms with Crippen LogP contribution in [0, 0.1) is 0 Å². The van der Waals surface area contributed by atoms with Crippen molar-refractivity contribution in [2.45, 2.75) is 12.8 Å². The summed E-state index contributed by atoms with van der Waals surface area (Å²) in [5, 5.41) is 3.10. The van der Waals surface area contributed by atoms with Gasteiger partial charge in [-0.2, -0.15) is 0 Å². The number of hydrogen-bond acceptors (Lipinski definition) is 3. The Hall–Kier alpha value is -0.670. The molecule has 0 unspecified atom stereocenters. The van der Waals surface area contributed by atoms with Crippen LogP contribution in [-0.2, 0) is 12.8 Å². The molecule has 0 spiro atoms. The molecule has 21 heavy (non-hydrogen) atoms. The number of thiophene rings is 1. The van der Waals surface area contributed by atoms with E-state index in [0.717, 1.165) is 28.9 Å². The van der Waals surface area contributed by atoms with Gasteiger partial charge in [0.1, 0.15) is 0 Å². The van der Waals surface area contributed by atoms with Gasteiger partial charge in [0.2, 0.25) is 0 Å². The Morgan fingerprint density at radius 1 is 1.29 bits per heavy atom. The highest BCUT2D eigenvalue weighted by Gasteiger charge is 1.98. The summed E-state index contributed by atoms with van der Waals surface area (Å²) in [5.74, 6) is 0.497. The molecule has 0 aliphatic carbocycles. The molecule has 0 aliphatic rings. The molecule has 0 saturated heterocycles. The average molecular weight is 481 g/mol. The van der Waals surface area contributed by atoms with Gasteiger partial charge in [-0.25, -0.2) is 0 Å². The lowest BCUT2D eigenvalue weighted by Crippen LogP contribution is -2.33. The van der Waals surface area contributed by atoms with Crippen LogP contribution in [0.5, 0.6) is 0 Å². The Bertz CT molecular complexity index is 559. The summed E-state index contributed by atoms with van der Waals surface area (Å²) >= 11 is 5.18. The molecule has 0 radical (unpaired) electrons. The van der Waals surface area contributed by atoms with Crippen LogP contribution in [-0.4, -0.2) is 24.0 Å². The Morgan fingerprint density at radius 2 is 2.14 bits per heavy atom. The highest BCUT2D eigenvalue weighted by atomic mass is 127. The van der Waals surface area contributed by atoms with Crippen molar-refractivity contribution in [2.24, 2.45) is 10.7 Å². The summed E-state index contributed by atoms with van der Waals surface area (Å²) < 4.78 is 1.15. The van der Waals surface area contributed by atoms with Gasteiger partial charge in [-0.05, 0) is 40.2 Å². The number of aliphatic imine (C=N–C) groups is 1. The lowest BCUT2D eigenvalue weighted by molar-refractivity contribution is 0.826. The maximum absolute atomic E-state index is 5.82. The number of pyridine rings is 1. The van der Waals surface area contributed by atoms with Gasteiger partial charge in [0, 0.05) is 42.7 Å². The second-order valence-electron chi connectivity index (χ2n) is 4.22. The standard InChI is InChI=1S/C14H17BrN4S.HI/c15-13-5-4-12(20-13)7-10-19-14(16)18-9-6-11-3-1-2-8-17-11;/h1-5,8H,6-7,9-10H2,(H3,16,18,19);1H. The van der Waals surface area contributed by atoms with E-state index < -0.39 is 0 Å². The molecular weight excluding hydrogens is 463 g/mol. The van der Waals surface area contributed by atoms with Crippen LogP contribution < -0.4 is 11.1 Å². The number of aromatic nitrogens is 1. The highest BCUT2D eigenvalue weighted by Crippen LogP contribution is 2.22. The third-order valence-electron chi connectivity index (χ3n) is 2.68. The summed E-state index contributed by atoms with van der Waals surface area (Å²) in [4.78, 5) is 9.88. The molecule has 2 rings (SSSR count). The molecule has 0 amide bonds. The zero-order valence-corrected chi connectivity index (χ0v) is 16.2. The van der Waals surface area contributed by atoms with Crippen molar-refractivity contribution in [1.29, 1.82) is 0 Å². The number of hydrogen-bond donors (Lipinski definition) is 2. The van der Waals surface area contributed by atoms with Crippen molar-refractivity contribution >= 4 is 57.2 Å². The minimum absolute atomic E-state index is 0. The smallest absolute Gasteiger partial charge is 0.188 e. The Balaban J connectivity index is 0.00000220. The van der Waals surface area contributed by atoms with Crippen molar-refractivity contribution in [3.63, 3.8) is 0 Å². The van der Waals surface area contributed by atoms with Crippen molar-refractivity contribution < 1.29 is 0 Å². The summed E-state index contributed by atoms with van der Waals surface area (Å²) in [6.07, 6.45) is 3.56. The fraction of sp³-hybridized carbons (Fsp3) is 0.286. The molecule has 0 bridgehead atoms. The summed E-state index contributed by atoms with van der Waals surface area (Å²) in [7, 11) is 0. The number of guanidine groups is 1. The van der Waals surface area contributed by atoms with Crippen LogP contribution in [0.1, 0.15) is 10.6 Å². The molecule has 2 heterocycles. The van der Waals surface area contributed by atoms with Crippen LogP contribution in [0.3, 0.4) is 0 Å². The van der Waals surface area contributed by atoms with Crippen molar-refractivity contribution in [3.8, 4) is 0 Å². The van der Waals surface area contributed by atoms with Gasteiger partial charge in [-0.3, -0.25) is 9.98 Å². The maximum Gasteiger partial charge on any atom is 0.188 e. The van der Waals surface area contributed by atoms with E-state index in [4.69, 9.17) is 5.73 Å². The molecule has 0 atom stereocenters. The fourth-order valence-electron chi connectivity index (χ4n) is 1.69. The predicted octanol–water partition coefficient (Wildman–Crippen LogP) is 3.21. The highest BCUT2D eigenvalue weighted by molar-refractivity contribution is 14.0. The molecule has 0 saturated carbocycles. The van der Waals surface area contributed by atoms with Crippen LogP contribution >= 0.6 is 51.2 Å². The van der Waals surface area contributed by atoms with Gasteiger partial charge in [0.15, 0.2) is 5.96 Å². The lowest BCUT2D eigenvalue weighted by Gasteiger charge is -2.05. The van der Waals surface area contributed by atoms with Crippen molar-refractivity contribution in [2.75, 3.05) is 13.1 Å². The monoisotopic (exact) mass is 480 g/mol. The van der Waals surface area contributed by atoms with Crippen molar-refractivity contribution in [3.05, 3.63) is 50.9 Å². The van der Waals surface area contributed by atoms with Crippen LogP contribution in [0.2, 0.25) is 0 Å². The predicted molar refractivity (Wildman–Crippen MR) is 104 cm³/mol. The lowest BCUT2D eigenvalue weighted by atomic mass is 10.3. The van der Waals surface area contributed by atoms with E-state index in [1.54, 1.807) is 17.5 Å². The molecular formula is C14H18BrIN4S. The zero-order valence-electron chi connectivity index (χ0n) is 11.5. The number of rotatable bonds is 6. The molecule has 114 valence electrons. The largest absolute Gasteiger partial charge is 0.370 e. The zero-order chi connectivity index (χ0) is 14.2. The molecule has 2 aromatic rings. The quantitative estimate of drug-likeness (QED) is 0.379. The second-order valence-corrected chi connectivity index (χ2v) is 6.77. The van der Waals surface area contributed by atoms with E-state index in [1.165, 1.54) is 4.88 Å². The molecule has 0 aromatic carbocycles. The van der Waals surface area contributed by atoms with Gasteiger partial charge >= 0.3 is 0 Å². The first-order chi connectivity index (χ1) is 9.74. The number of nitrogens with one attached hydrogen (secondary N) is 1. The minimum Gasteiger partial charge on any atom is -0.370 e. The molecule has 3 N–H and O–H groups in total. The van der Waals surface area contributed by atoms with Gasteiger partial charge in [0.25, 0.3) is 0 Å². The Kier molecular flexibility index (Phi) is 8.86. The fourth-order valence-corrected chi connectivity index (χ4v) is 3.17. The van der Waals surface area contributed by atoms with Gasteiger partial charge in [0.05, 0.1) is 3.79 Å². The SMILES string of the molecule is I.NC(=NCCc1ccc(Br)s1)NCCc1ccccn1. The topological polar surface area (TPSA) is 63.3 Å². The minimum atomic E-state index is 0. The molecule has 2 aromatic heterocycles. The Morgan fingerprint density at radius 3 is 2.81 bits per heavy atom. The third kappa shape index (κ3) is 7.23. The number of nitrogens with zero attached hydrogens (tertiary/aromatic N) is 2. The summed E-state index contributed by atoms with van der Waals surface area (Å²) in [5.41, 5.74) is 6.87. The molecule has 7 heteroatoms. The van der Waals surface area contributed by atoms with E-state index in [-0.39, 0.29) is 24.0 Å². The summed E-state index contributed by atoms with van der Waals surface area (Å²) in [6, 6.07) is 10.1. The Labute approximate surface area is 154 Å². The number of nitrogens with two attached hydrogens (primary N) is 1. The summed E-state index contributed by atoms with van der Waals surface area (Å²) in [6.45, 7) is 1.45. The second kappa shape index (κ2) is 10.1. The van der Waals surface area contributed by atoms with Gasteiger partial charge < -0.3 is 11.1 Å². The maximum atomic E-state index is 5.82. The van der Waals surface area contributed by atoms with E-state index in [2.05, 4.69) is 43.4 Å². The first-order valence-electron chi connectivity index (χ1n) is 6.42. The average Bonchev–Trinajstić information content (AvgIpc) is 2.86. The third-order valence-corrected chi connectivity index (χ3v) is 4.37. The van der Waals surface area contributed by atoms with Crippen molar-refractivity contribution in [1.82, 2.24) is 10.3 Å². The van der Waals surface area contributed by atoms with Gasteiger partial charge in [-0.1, -0.05) is 6.07 Å². The van der Waals surface area contributed by atoms with E-state index in [0.29, 0.717) is 12.5 Å². The number of halogens is 2. The van der Waals surface area contributed by atoms with Crippen LogP contribution in [0.25, 0.3) is 0 Å². The normalized spacial score (nSPS) is 11.0. The van der Waals surface area contributed by atoms with E-state index in [9.17, 15) is 0 Å². The first kappa shape index (κ1) is 18.4. The van der Waals surface area contributed by atoms with Crippen LogP contribution in [0.4, 0.5) is 0 Å². The van der Waals surface area contributed by atoms with E-state index >= 15 is 0 Å². The molecule has 4 nitrogen and oxygen atoms in total. The molecule has 0 aliphatic heterocycles. The first-order valence-corrected chi connectivity index (χ1v) is 8.03.